The number of hydrogen-bond acceptors (Lipinski definition) is 2. The van der Waals surface area contributed by atoms with Gasteiger partial charge in [-0.2, -0.15) is 0 Å². The molecule has 0 spiro atoms. The molecule has 0 aliphatic heterocycles. The van der Waals surface area contributed by atoms with E-state index >= 15 is 0 Å². The zero-order valence-corrected chi connectivity index (χ0v) is 12.0. The maximum absolute atomic E-state index is 9.56. The van der Waals surface area contributed by atoms with E-state index in [9.17, 15) is 5.11 Å². The van der Waals surface area contributed by atoms with Crippen molar-refractivity contribution in [2.75, 3.05) is 11.9 Å². The number of anilines is 1. The lowest BCUT2D eigenvalue weighted by Gasteiger charge is -2.20. The highest BCUT2D eigenvalue weighted by Crippen LogP contribution is 2.27. The van der Waals surface area contributed by atoms with Crippen LogP contribution >= 0.6 is 23.2 Å². The van der Waals surface area contributed by atoms with E-state index in [1.54, 1.807) is 18.2 Å². The highest BCUT2D eigenvalue weighted by molar-refractivity contribution is 6.34. The summed E-state index contributed by atoms with van der Waals surface area (Å²) in [5, 5.41) is 14.0. The SMILES string of the molecule is Cc1ccccc1NC(CO)c1cc(Cl)cc(Cl)c1. The van der Waals surface area contributed by atoms with Crippen LogP contribution < -0.4 is 5.32 Å². The molecule has 0 aliphatic rings. The van der Waals surface area contributed by atoms with Crippen LogP contribution in [0.3, 0.4) is 0 Å². The first-order chi connectivity index (χ1) is 9.10. The van der Waals surface area contributed by atoms with Gasteiger partial charge in [0.1, 0.15) is 0 Å². The molecule has 0 fully saturated rings. The van der Waals surface area contributed by atoms with Crippen molar-refractivity contribution in [1.82, 2.24) is 0 Å². The minimum Gasteiger partial charge on any atom is -0.394 e. The largest absolute Gasteiger partial charge is 0.394 e. The van der Waals surface area contributed by atoms with Crippen LogP contribution in [0.1, 0.15) is 17.2 Å². The molecular formula is C15H15Cl2NO. The number of para-hydroxylation sites is 1. The van der Waals surface area contributed by atoms with Gasteiger partial charge in [-0.25, -0.2) is 0 Å². The monoisotopic (exact) mass is 295 g/mol. The van der Waals surface area contributed by atoms with Crippen molar-refractivity contribution < 1.29 is 5.11 Å². The van der Waals surface area contributed by atoms with Gasteiger partial charge < -0.3 is 10.4 Å². The average molecular weight is 296 g/mol. The highest BCUT2D eigenvalue weighted by atomic mass is 35.5. The number of hydrogen-bond donors (Lipinski definition) is 2. The lowest BCUT2D eigenvalue weighted by atomic mass is 10.1. The van der Waals surface area contributed by atoms with Gasteiger partial charge in [0.25, 0.3) is 0 Å². The predicted octanol–water partition coefficient (Wildman–Crippen LogP) is 4.45. The Kier molecular flexibility index (Phi) is 4.70. The van der Waals surface area contributed by atoms with Gasteiger partial charge in [0.2, 0.25) is 0 Å². The van der Waals surface area contributed by atoms with E-state index < -0.39 is 0 Å². The Morgan fingerprint density at radius 2 is 1.74 bits per heavy atom. The third-order valence-electron chi connectivity index (χ3n) is 2.94. The Bertz CT molecular complexity index is 552. The second-order valence-corrected chi connectivity index (χ2v) is 5.27. The maximum Gasteiger partial charge on any atom is 0.0746 e. The third kappa shape index (κ3) is 3.63. The molecule has 4 heteroatoms. The average Bonchev–Trinajstić information content (AvgIpc) is 2.36. The van der Waals surface area contributed by atoms with Crippen LogP contribution in [0.25, 0.3) is 0 Å². The molecule has 2 N–H and O–H groups in total. The van der Waals surface area contributed by atoms with Crippen LogP contribution in [-0.4, -0.2) is 11.7 Å². The number of aryl methyl sites for hydroxylation is 1. The molecule has 2 aromatic rings. The summed E-state index contributed by atoms with van der Waals surface area (Å²) in [6.45, 7) is 1.98. The van der Waals surface area contributed by atoms with Crippen LogP contribution in [0.2, 0.25) is 10.0 Å². The van der Waals surface area contributed by atoms with Gasteiger partial charge in [-0.3, -0.25) is 0 Å². The molecule has 0 aromatic heterocycles. The predicted molar refractivity (Wildman–Crippen MR) is 81.1 cm³/mol. The van der Waals surface area contributed by atoms with E-state index in [0.717, 1.165) is 16.8 Å². The number of rotatable bonds is 4. The van der Waals surface area contributed by atoms with E-state index in [0.29, 0.717) is 10.0 Å². The second-order valence-electron chi connectivity index (χ2n) is 4.40. The second kappa shape index (κ2) is 6.29. The smallest absolute Gasteiger partial charge is 0.0746 e. The Hall–Kier alpha value is -1.22. The van der Waals surface area contributed by atoms with Crippen molar-refractivity contribution in [2.24, 2.45) is 0 Å². The summed E-state index contributed by atoms with van der Waals surface area (Å²) in [6.07, 6.45) is 0. The normalized spacial score (nSPS) is 12.2. The number of benzene rings is 2. The fraction of sp³-hybridized carbons (Fsp3) is 0.200. The van der Waals surface area contributed by atoms with E-state index in [2.05, 4.69) is 5.32 Å². The first kappa shape index (κ1) is 14.2. The zero-order chi connectivity index (χ0) is 13.8. The summed E-state index contributed by atoms with van der Waals surface area (Å²) in [5.41, 5.74) is 2.97. The van der Waals surface area contributed by atoms with Crippen LogP contribution in [0.4, 0.5) is 5.69 Å². The summed E-state index contributed by atoms with van der Waals surface area (Å²) in [7, 11) is 0. The quantitative estimate of drug-likeness (QED) is 0.873. The van der Waals surface area contributed by atoms with Gasteiger partial charge >= 0.3 is 0 Å². The number of nitrogens with one attached hydrogen (secondary N) is 1. The molecule has 100 valence electrons. The Morgan fingerprint density at radius 3 is 2.32 bits per heavy atom. The van der Waals surface area contributed by atoms with Gasteiger partial charge in [0, 0.05) is 15.7 Å². The van der Waals surface area contributed by atoms with Gasteiger partial charge in [-0.1, -0.05) is 41.4 Å². The highest BCUT2D eigenvalue weighted by Gasteiger charge is 2.12. The minimum absolute atomic E-state index is 0.0367. The number of aliphatic hydroxyl groups excluding tert-OH is 1. The van der Waals surface area contributed by atoms with Crippen molar-refractivity contribution in [3.63, 3.8) is 0 Å². The molecule has 2 nitrogen and oxygen atoms in total. The molecule has 1 unspecified atom stereocenters. The molecule has 0 saturated heterocycles. The topological polar surface area (TPSA) is 32.3 Å². The first-order valence-electron chi connectivity index (χ1n) is 5.99. The van der Waals surface area contributed by atoms with E-state index in [4.69, 9.17) is 23.2 Å². The van der Waals surface area contributed by atoms with Gasteiger partial charge in [0.15, 0.2) is 0 Å². The zero-order valence-electron chi connectivity index (χ0n) is 10.5. The Balaban J connectivity index is 2.28. The molecule has 0 bridgehead atoms. The van der Waals surface area contributed by atoms with Crippen LogP contribution in [0.5, 0.6) is 0 Å². The Labute approximate surface area is 123 Å². The molecule has 0 radical (unpaired) electrons. The van der Waals surface area contributed by atoms with Crippen molar-refractivity contribution in [3.05, 3.63) is 63.6 Å². The maximum atomic E-state index is 9.56. The van der Waals surface area contributed by atoms with Crippen molar-refractivity contribution in [3.8, 4) is 0 Å². The molecular weight excluding hydrogens is 281 g/mol. The van der Waals surface area contributed by atoms with E-state index in [1.165, 1.54) is 0 Å². The molecule has 1 atom stereocenters. The molecule has 0 saturated carbocycles. The molecule has 0 heterocycles. The molecule has 0 aliphatic carbocycles. The minimum atomic E-state index is -0.239. The van der Waals surface area contributed by atoms with Crippen LogP contribution in [0, 0.1) is 6.92 Å². The van der Waals surface area contributed by atoms with Crippen molar-refractivity contribution in [1.29, 1.82) is 0 Å². The Morgan fingerprint density at radius 1 is 1.11 bits per heavy atom. The van der Waals surface area contributed by atoms with Gasteiger partial charge in [0.05, 0.1) is 12.6 Å². The third-order valence-corrected chi connectivity index (χ3v) is 3.38. The van der Waals surface area contributed by atoms with E-state index in [-0.39, 0.29) is 12.6 Å². The lowest BCUT2D eigenvalue weighted by Crippen LogP contribution is -2.15. The van der Waals surface area contributed by atoms with Crippen molar-refractivity contribution >= 4 is 28.9 Å². The standard InChI is InChI=1S/C15H15Cl2NO/c1-10-4-2-3-5-14(10)18-15(9-19)11-6-12(16)8-13(17)7-11/h2-8,15,18-19H,9H2,1H3. The number of aliphatic hydroxyl groups is 1. The van der Waals surface area contributed by atoms with E-state index in [1.807, 2.05) is 31.2 Å². The fourth-order valence-corrected chi connectivity index (χ4v) is 2.48. The summed E-state index contributed by atoms with van der Waals surface area (Å²) in [6, 6.07) is 13.0. The summed E-state index contributed by atoms with van der Waals surface area (Å²) in [4.78, 5) is 0. The first-order valence-corrected chi connectivity index (χ1v) is 6.75. The fourth-order valence-electron chi connectivity index (χ4n) is 1.93. The van der Waals surface area contributed by atoms with Gasteiger partial charge in [-0.15, -0.1) is 0 Å². The molecule has 19 heavy (non-hydrogen) atoms. The number of halogens is 2. The molecule has 2 aromatic carbocycles. The lowest BCUT2D eigenvalue weighted by molar-refractivity contribution is 0.276. The van der Waals surface area contributed by atoms with Gasteiger partial charge in [-0.05, 0) is 42.3 Å². The van der Waals surface area contributed by atoms with Crippen molar-refractivity contribution in [2.45, 2.75) is 13.0 Å². The van der Waals surface area contributed by atoms with Crippen LogP contribution in [0.15, 0.2) is 42.5 Å². The summed E-state index contributed by atoms with van der Waals surface area (Å²) >= 11 is 12.0. The summed E-state index contributed by atoms with van der Waals surface area (Å²) < 4.78 is 0. The molecule has 2 rings (SSSR count). The molecule has 0 amide bonds. The summed E-state index contributed by atoms with van der Waals surface area (Å²) in [5.74, 6) is 0. The van der Waals surface area contributed by atoms with Crippen LogP contribution in [-0.2, 0) is 0 Å².